The molecule has 3 amide bonds. The van der Waals surface area contributed by atoms with Crippen molar-refractivity contribution in [2.45, 2.75) is 71.0 Å². The zero-order chi connectivity index (χ0) is 36.0. The van der Waals surface area contributed by atoms with Crippen LogP contribution in [0.2, 0.25) is 0 Å². The third kappa shape index (κ3) is 8.57. The van der Waals surface area contributed by atoms with E-state index in [1.807, 2.05) is 37.8 Å². The number of nitriles is 1. The molecule has 14 nitrogen and oxygen atoms in total. The van der Waals surface area contributed by atoms with E-state index >= 15 is 0 Å². The molecule has 0 aromatic heterocycles. The normalized spacial score (nSPS) is 18.0. The molecule has 2 aromatic carbocycles. The van der Waals surface area contributed by atoms with Crippen LogP contribution in [0.1, 0.15) is 70.4 Å². The van der Waals surface area contributed by atoms with Crippen molar-refractivity contribution in [1.82, 2.24) is 9.80 Å². The number of carbonyl (C=O) groups is 4. The summed E-state index contributed by atoms with van der Waals surface area (Å²) in [7, 11) is 1.24. The van der Waals surface area contributed by atoms with E-state index < -0.39 is 36.0 Å². The van der Waals surface area contributed by atoms with Gasteiger partial charge in [-0.15, -0.1) is 0 Å². The molecule has 0 spiro atoms. The summed E-state index contributed by atoms with van der Waals surface area (Å²) in [6, 6.07) is 12.1. The largest absolute Gasteiger partial charge is 0.513 e. The van der Waals surface area contributed by atoms with Gasteiger partial charge in [-0.25, -0.2) is 14.4 Å². The molecule has 1 saturated carbocycles. The van der Waals surface area contributed by atoms with E-state index in [1.165, 1.54) is 23.0 Å². The fraction of sp³-hybridized carbons (Fsp3) is 0.528. The van der Waals surface area contributed by atoms with E-state index in [1.54, 1.807) is 30.0 Å². The highest BCUT2D eigenvalue weighted by atomic mass is 16.7. The lowest BCUT2D eigenvalue weighted by Crippen LogP contribution is -2.57. The van der Waals surface area contributed by atoms with Crippen molar-refractivity contribution in [2.75, 3.05) is 62.9 Å². The molecule has 2 heterocycles. The minimum atomic E-state index is -1.15. The number of ether oxygens (including phenoxy) is 5. The Bertz CT molecular complexity index is 1620. The molecule has 0 radical (unpaired) electrons. The second-order valence-corrected chi connectivity index (χ2v) is 13.5. The van der Waals surface area contributed by atoms with Crippen LogP contribution in [0.3, 0.4) is 0 Å². The number of hydrogen-bond donors (Lipinski definition) is 0. The van der Waals surface area contributed by atoms with Crippen molar-refractivity contribution < 1.29 is 42.9 Å². The Morgan fingerprint density at radius 2 is 1.72 bits per heavy atom. The van der Waals surface area contributed by atoms with E-state index in [9.17, 15) is 24.4 Å². The standard InChI is InChI=1S/C36H45N5O9/c1-6-47-34(44)40-22-31(48-29-14-11-24(21-37)19-28(29)40)32(42)41(23-38-15-17-39(18-16-38)33(43)50-36(2,3)4)26-12-13-27(25-9-7-8-10-25)30(20-26)49-35(45)46-5/h11-14,19-20,25,31H,6-10,15-18,22-23H2,1-5H3. The van der Waals surface area contributed by atoms with Crippen molar-refractivity contribution in [3.8, 4) is 17.6 Å². The second-order valence-electron chi connectivity index (χ2n) is 13.5. The van der Waals surface area contributed by atoms with Gasteiger partial charge >= 0.3 is 18.3 Å². The first-order valence-electron chi connectivity index (χ1n) is 17.0. The van der Waals surface area contributed by atoms with Crippen LogP contribution in [-0.4, -0.2) is 98.9 Å². The number of nitrogens with zero attached hydrogens (tertiary/aromatic N) is 5. The molecule has 2 aliphatic heterocycles. The van der Waals surface area contributed by atoms with Gasteiger partial charge in [0, 0.05) is 37.9 Å². The third-order valence-electron chi connectivity index (χ3n) is 8.86. The predicted octanol–water partition coefficient (Wildman–Crippen LogP) is 5.63. The summed E-state index contributed by atoms with van der Waals surface area (Å²) in [5.74, 6) is 0.296. The number of rotatable bonds is 7. The molecule has 2 fully saturated rings. The maximum Gasteiger partial charge on any atom is 0.513 e. The van der Waals surface area contributed by atoms with Crippen molar-refractivity contribution in [3.05, 3.63) is 47.5 Å². The number of fused-ring (bicyclic) bond motifs is 1. The first-order chi connectivity index (χ1) is 23.9. The van der Waals surface area contributed by atoms with Crippen LogP contribution in [0, 0.1) is 11.3 Å². The molecule has 1 atom stereocenters. The fourth-order valence-electron chi connectivity index (χ4n) is 6.39. The zero-order valence-corrected chi connectivity index (χ0v) is 29.3. The second kappa shape index (κ2) is 15.7. The number of amides is 3. The minimum Gasteiger partial charge on any atom is -0.476 e. The van der Waals surface area contributed by atoms with Crippen LogP contribution in [0.15, 0.2) is 36.4 Å². The zero-order valence-electron chi connectivity index (χ0n) is 29.3. The van der Waals surface area contributed by atoms with Gasteiger partial charge in [-0.05, 0) is 76.3 Å². The molecular weight excluding hydrogens is 646 g/mol. The van der Waals surface area contributed by atoms with Crippen LogP contribution >= 0.6 is 0 Å². The molecule has 50 heavy (non-hydrogen) atoms. The van der Waals surface area contributed by atoms with Crippen molar-refractivity contribution in [1.29, 1.82) is 5.26 Å². The number of benzene rings is 2. The van der Waals surface area contributed by atoms with Crippen molar-refractivity contribution in [3.63, 3.8) is 0 Å². The molecule has 5 rings (SSSR count). The molecule has 2 aromatic rings. The smallest absolute Gasteiger partial charge is 0.476 e. The molecule has 3 aliphatic rings. The molecule has 0 N–H and O–H groups in total. The highest BCUT2D eigenvalue weighted by molar-refractivity contribution is 6.00. The first-order valence-corrected chi connectivity index (χ1v) is 17.0. The summed E-state index contributed by atoms with van der Waals surface area (Å²) in [5.41, 5.74) is 1.32. The number of anilines is 2. The summed E-state index contributed by atoms with van der Waals surface area (Å²) in [4.78, 5) is 59.3. The van der Waals surface area contributed by atoms with Gasteiger partial charge in [-0.2, -0.15) is 5.26 Å². The SMILES string of the molecule is CCOC(=O)N1CC(C(=O)N(CN2CCN(C(=O)OC(C)(C)C)CC2)c2ccc(C3CCCC3)c(OC(=O)OC)c2)Oc2ccc(C#N)cc21. The lowest BCUT2D eigenvalue weighted by Gasteiger charge is -2.40. The monoisotopic (exact) mass is 691 g/mol. The van der Waals surface area contributed by atoms with Crippen LogP contribution in [0.5, 0.6) is 11.5 Å². The molecular formula is C36H45N5O9. The van der Waals surface area contributed by atoms with Crippen LogP contribution < -0.4 is 19.3 Å². The Kier molecular flexibility index (Phi) is 11.4. The molecule has 14 heteroatoms. The van der Waals surface area contributed by atoms with Gasteiger partial charge in [0.05, 0.1) is 44.3 Å². The minimum absolute atomic E-state index is 0.111. The average Bonchev–Trinajstić information content (AvgIpc) is 3.64. The van der Waals surface area contributed by atoms with Gasteiger partial charge in [0.15, 0.2) is 6.10 Å². The van der Waals surface area contributed by atoms with E-state index in [4.69, 9.17) is 23.7 Å². The molecule has 1 unspecified atom stereocenters. The molecule has 1 saturated heterocycles. The maximum absolute atomic E-state index is 14.6. The number of carbonyl (C=O) groups excluding carboxylic acids is 4. The average molecular weight is 692 g/mol. The third-order valence-corrected chi connectivity index (χ3v) is 8.86. The number of methoxy groups -OCH3 is 1. The Morgan fingerprint density at radius 1 is 1.00 bits per heavy atom. The lowest BCUT2D eigenvalue weighted by molar-refractivity contribution is -0.125. The van der Waals surface area contributed by atoms with E-state index in [0.717, 1.165) is 31.2 Å². The highest BCUT2D eigenvalue weighted by Gasteiger charge is 2.39. The maximum atomic E-state index is 14.6. The number of hydrogen-bond acceptors (Lipinski definition) is 11. The predicted molar refractivity (Wildman–Crippen MR) is 182 cm³/mol. The first kappa shape index (κ1) is 36.3. The van der Waals surface area contributed by atoms with Gasteiger partial charge in [0.2, 0.25) is 0 Å². The van der Waals surface area contributed by atoms with Gasteiger partial charge in [-0.1, -0.05) is 18.9 Å². The topological polar surface area (TPSA) is 151 Å². The number of piperazine rings is 1. The Labute approximate surface area is 292 Å². The molecule has 1 aliphatic carbocycles. The van der Waals surface area contributed by atoms with Gasteiger partial charge in [0.1, 0.15) is 17.1 Å². The van der Waals surface area contributed by atoms with Crippen LogP contribution in [0.4, 0.5) is 25.8 Å². The van der Waals surface area contributed by atoms with E-state index in [2.05, 4.69) is 6.07 Å². The Balaban J connectivity index is 1.47. The Hall–Kier alpha value is -5.03. The van der Waals surface area contributed by atoms with Crippen molar-refractivity contribution in [2.24, 2.45) is 0 Å². The summed E-state index contributed by atoms with van der Waals surface area (Å²) in [5, 5.41) is 9.48. The molecule has 268 valence electrons. The van der Waals surface area contributed by atoms with E-state index in [0.29, 0.717) is 48.9 Å². The Morgan fingerprint density at radius 3 is 2.36 bits per heavy atom. The fourth-order valence-corrected chi connectivity index (χ4v) is 6.39. The van der Waals surface area contributed by atoms with Crippen LogP contribution in [-0.2, 0) is 19.0 Å². The summed E-state index contributed by atoms with van der Waals surface area (Å²) < 4.78 is 27.5. The quantitative estimate of drug-likeness (QED) is 0.202. The summed E-state index contributed by atoms with van der Waals surface area (Å²) in [6.45, 7) is 8.87. The van der Waals surface area contributed by atoms with Gasteiger partial charge in [-0.3, -0.25) is 19.5 Å². The summed E-state index contributed by atoms with van der Waals surface area (Å²) >= 11 is 0. The van der Waals surface area contributed by atoms with Gasteiger partial charge in [0.25, 0.3) is 5.91 Å². The van der Waals surface area contributed by atoms with Crippen LogP contribution in [0.25, 0.3) is 0 Å². The highest BCUT2D eigenvalue weighted by Crippen LogP contribution is 2.41. The summed E-state index contributed by atoms with van der Waals surface area (Å²) in [6.07, 6.45) is 0.944. The molecule has 0 bridgehead atoms. The van der Waals surface area contributed by atoms with Gasteiger partial charge < -0.3 is 28.6 Å². The van der Waals surface area contributed by atoms with Crippen molar-refractivity contribution >= 4 is 35.6 Å². The van der Waals surface area contributed by atoms with E-state index in [-0.39, 0.29) is 31.5 Å². The lowest BCUT2D eigenvalue weighted by atomic mass is 9.96.